The van der Waals surface area contributed by atoms with Crippen molar-refractivity contribution in [3.05, 3.63) is 30.0 Å². The molecule has 2 rings (SSSR count). The number of aromatic nitrogens is 1. The third-order valence-corrected chi connectivity index (χ3v) is 3.42. The van der Waals surface area contributed by atoms with Gasteiger partial charge in [-0.15, -0.1) is 0 Å². The highest BCUT2D eigenvalue weighted by Crippen LogP contribution is 2.29. The normalized spacial score (nSPS) is 13.6. The number of nitrogens with zero attached hydrogens (tertiary/aromatic N) is 1. The molecule has 3 nitrogen and oxygen atoms in total. The fourth-order valence-corrected chi connectivity index (χ4v) is 2.58. The van der Waals surface area contributed by atoms with Gasteiger partial charge in [-0.25, -0.2) is 0 Å². The molecule has 1 heterocycles. The predicted octanol–water partition coefficient (Wildman–Crippen LogP) is 3.74. The summed E-state index contributed by atoms with van der Waals surface area (Å²) in [6.07, 6.45) is 0. The average molecular weight is 263 g/mol. The van der Waals surface area contributed by atoms with Crippen LogP contribution in [0.3, 0.4) is 0 Å². The van der Waals surface area contributed by atoms with E-state index < -0.39 is 5.60 Å². The van der Waals surface area contributed by atoms with Gasteiger partial charge in [-0.05, 0) is 45.3 Å². The Morgan fingerprint density at radius 1 is 1.33 bits per heavy atom. The second kappa shape index (κ2) is 4.69. The molecule has 0 spiro atoms. The molecule has 0 N–H and O–H groups in total. The van der Waals surface area contributed by atoms with Gasteiger partial charge in [0, 0.05) is 5.39 Å². The highest BCUT2D eigenvalue weighted by Gasteiger charge is 2.25. The van der Waals surface area contributed by atoms with Crippen LogP contribution < -0.4 is 0 Å². The molecule has 0 saturated heterocycles. The first kappa shape index (κ1) is 13.0. The standard InChI is InChI=1S/C14H17NO2S/c1-9(13(16)17-14(2,3)4)12-10-7-5-6-8-11(10)18-15-12/h5-9H,1-4H3. The summed E-state index contributed by atoms with van der Waals surface area (Å²) in [5, 5.41) is 1.04. The van der Waals surface area contributed by atoms with Crippen LogP contribution in [0.1, 0.15) is 39.3 Å². The van der Waals surface area contributed by atoms with Gasteiger partial charge >= 0.3 is 5.97 Å². The average Bonchev–Trinajstić information content (AvgIpc) is 2.69. The Morgan fingerprint density at radius 3 is 2.67 bits per heavy atom. The van der Waals surface area contributed by atoms with Crippen LogP contribution in [-0.4, -0.2) is 15.9 Å². The molecule has 0 bridgehead atoms. The summed E-state index contributed by atoms with van der Waals surface area (Å²) in [5.74, 6) is -0.557. The Bertz CT molecular complexity index is 568. The second-order valence-corrected chi connectivity index (χ2v) is 6.12. The van der Waals surface area contributed by atoms with Gasteiger partial charge in [-0.2, -0.15) is 4.37 Å². The third kappa shape index (κ3) is 2.70. The number of carbonyl (C=O) groups is 1. The zero-order valence-corrected chi connectivity index (χ0v) is 11.9. The lowest BCUT2D eigenvalue weighted by Gasteiger charge is -2.21. The van der Waals surface area contributed by atoms with Crippen molar-refractivity contribution >= 4 is 27.6 Å². The summed E-state index contributed by atoms with van der Waals surface area (Å²) in [5.41, 5.74) is 0.349. The molecule has 18 heavy (non-hydrogen) atoms. The van der Waals surface area contributed by atoms with E-state index in [0.717, 1.165) is 15.8 Å². The number of esters is 1. The van der Waals surface area contributed by atoms with Crippen LogP contribution >= 0.6 is 11.5 Å². The van der Waals surface area contributed by atoms with E-state index in [4.69, 9.17) is 4.74 Å². The monoisotopic (exact) mass is 263 g/mol. The van der Waals surface area contributed by atoms with Gasteiger partial charge in [-0.3, -0.25) is 4.79 Å². The summed E-state index contributed by atoms with van der Waals surface area (Å²) >= 11 is 1.42. The van der Waals surface area contributed by atoms with E-state index in [9.17, 15) is 4.79 Å². The molecule has 2 aromatic rings. The number of benzene rings is 1. The number of hydrogen-bond donors (Lipinski definition) is 0. The first-order valence-corrected chi connectivity index (χ1v) is 6.73. The fourth-order valence-electron chi connectivity index (χ4n) is 1.72. The van der Waals surface area contributed by atoms with E-state index in [1.165, 1.54) is 11.5 Å². The molecule has 0 aliphatic heterocycles. The summed E-state index contributed by atoms with van der Waals surface area (Å²) in [6.45, 7) is 7.46. The van der Waals surface area contributed by atoms with Crippen molar-refractivity contribution in [2.75, 3.05) is 0 Å². The fraction of sp³-hybridized carbons (Fsp3) is 0.429. The minimum atomic E-state index is -0.461. The van der Waals surface area contributed by atoms with Gasteiger partial charge < -0.3 is 4.74 Å². The van der Waals surface area contributed by atoms with Crippen LogP contribution in [0.25, 0.3) is 10.1 Å². The molecule has 1 aromatic carbocycles. The minimum absolute atomic E-state index is 0.224. The van der Waals surface area contributed by atoms with Crippen LogP contribution in [-0.2, 0) is 9.53 Å². The molecular weight excluding hydrogens is 246 g/mol. The zero-order chi connectivity index (χ0) is 13.3. The molecule has 0 saturated carbocycles. The highest BCUT2D eigenvalue weighted by molar-refractivity contribution is 7.13. The van der Waals surface area contributed by atoms with Crippen molar-refractivity contribution in [2.45, 2.75) is 39.2 Å². The van der Waals surface area contributed by atoms with Gasteiger partial charge in [0.05, 0.1) is 16.3 Å². The van der Waals surface area contributed by atoms with Crippen LogP contribution in [0.15, 0.2) is 24.3 Å². The summed E-state index contributed by atoms with van der Waals surface area (Å²) in [4.78, 5) is 12.0. The predicted molar refractivity (Wildman–Crippen MR) is 73.9 cm³/mol. The van der Waals surface area contributed by atoms with E-state index >= 15 is 0 Å². The smallest absolute Gasteiger partial charge is 0.315 e. The molecule has 1 aromatic heterocycles. The van der Waals surface area contributed by atoms with Gasteiger partial charge in [-0.1, -0.05) is 18.2 Å². The number of carbonyl (C=O) groups excluding carboxylic acids is 1. The largest absolute Gasteiger partial charge is 0.459 e. The van der Waals surface area contributed by atoms with Crippen molar-refractivity contribution in [3.8, 4) is 0 Å². The number of fused-ring (bicyclic) bond motifs is 1. The van der Waals surface area contributed by atoms with Crippen molar-refractivity contribution in [1.29, 1.82) is 0 Å². The van der Waals surface area contributed by atoms with Crippen LogP contribution in [0.2, 0.25) is 0 Å². The molecule has 0 fully saturated rings. The Balaban J connectivity index is 2.28. The van der Waals surface area contributed by atoms with Crippen molar-refractivity contribution in [1.82, 2.24) is 4.37 Å². The summed E-state index contributed by atoms with van der Waals surface area (Å²) in [6, 6.07) is 7.94. The van der Waals surface area contributed by atoms with Crippen LogP contribution in [0, 0.1) is 0 Å². The second-order valence-electron chi connectivity index (χ2n) is 5.32. The molecule has 96 valence electrons. The summed E-state index contributed by atoms with van der Waals surface area (Å²) in [7, 11) is 0. The van der Waals surface area contributed by atoms with Gasteiger partial charge in [0.2, 0.25) is 0 Å². The number of hydrogen-bond acceptors (Lipinski definition) is 4. The molecule has 1 unspecified atom stereocenters. The van der Waals surface area contributed by atoms with E-state index in [0.29, 0.717) is 0 Å². The summed E-state index contributed by atoms with van der Waals surface area (Å²) < 4.78 is 10.9. The van der Waals surface area contributed by atoms with E-state index in [2.05, 4.69) is 4.37 Å². The SMILES string of the molecule is CC(C(=O)OC(C)(C)C)c1nsc2ccccc12. The molecule has 0 aliphatic rings. The zero-order valence-electron chi connectivity index (χ0n) is 11.1. The van der Waals surface area contributed by atoms with Gasteiger partial charge in [0.15, 0.2) is 0 Å². The van der Waals surface area contributed by atoms with Gasteiger partial charge in [0.25, 0.3) is 0 Å². The quantitative estimate of drug-likeness (QED) is 0.775. The first-order valence-electron chi connectivity index (χ1n) is 5.95. The van der Waals surface area contributed by atoms with Gasteiger partial charge in [0.1, 0.15) is 5.60 Å². The molecule has 1 atom stereocenters. The molecular formula is C14H17NO2S. The Morgan fingerprint density at radius 2 is 2.00 bits per heavy atom. The molecule has 0 amide bonds. The maximum Gasteiger partial charge on any atom is 0.315 e. The van der Waals surface area contributed by atoms with Crippen LogP contribution in [0.5, 0.6) is 0 Å². The number of rotatable bonds is 2. The van der Waals surface area contributed by atoms with Crippen molar-refractivity contribution in [3.63, 3.8) is 0 Å². The topological polar surface area (TPSA) is 39.2 Å². The maximum atomic E-state index is 12.0. The highest BCUT2D eigenvalue weighted by atomic mass is 32.1. The van der Waals surface area contributed by atoms with E-state index in [1.807, 2.05) is 52.0 Å². The van der Waals surface area contributed by atoms with Crippen molar-refractivity contribution in [2.24, 2.45) is 0 Å². The Kier molecular flexibility index (Phi) is 3.39. The Hall–Kier alpha value is -1.42. The van der Waals surface area contributed by atoms with E-state index in [-0.39, 0.29) is 11.9 Å². The lowest BCUT2D eigenvalue weighted by atomic mass is 10.0. The molecule has 0 radical (unpaired) electrons. The van der Waals surface area contributed by atoms with Crippen molar-refractivity contribution < 1.29 is 9.53 Å². The Labute approximate surface area is 111 Å². The molecule has 4 heteroatoms. The first-order chi connectivity index (χ1) is 8.38. The minimum Gasteiger partial charge on any atom is -0.459 e. The van der Waals surface area contributed by atoms with Crippen LogP contribution in [0.4, 0.5) is 0 Å². The lowest BCUT2D eigenvalue weighted by molar-refractivity contribution is -0.156. The van der Waals surface area contributed by atoms with E-state index in [1.54, 1.807) is 0 Å². The number of ether oxygens (including phenoxy) is 1. The third-order valence-electron chi connectivity index (χ3n) is 2.58. The lowest BCUT2D eigenvalue weighted by Crippen LogP contribution is -2.26. The maximum absolute atomic E-state index is 12.0. The molecule has 0 aliphatic carbocycles.